The minimum absolute atomic E-state index is 0.135. The smallest absolute Gasteiger partial charge is 0.314 e. The molecule has 1 aliphatic rings. The molecule has 0 fully saturated rings. The largest absolute Gasteiger partial charge is 0.392 e. The molecule has 0 aliphatic carbocycles. The van der Waals surface area contributed by atoms with Gasteiger partial charge in [-0.25, -0.2) is 4.79 Å². The number of carbonyl (C=O) groups is 3. The van der Waals surface area contributed by atoms with Gasteiger partial charge in [0.15, 0.2) is 0 Å². The van der Waals surface area contributed by atoms with Gasteiger partial charge >= 0.3 is 6.03 Å². The molecule has 0 saturated heterocycles. The van der Waals surface area contributed by atoms with E-state index < -0.39 is 17.7 Å². The topological polar surface area (TPSA) is 123 Å². The SMILES string of the molecule is CNC(=O)NCc1ccccc1-c1ccc(CN2C(=O)C(NC(=O)CC(C)(C)NC[C@@H](C)O)CCCc3c2ccc2ccccc32)cc1. The van der Waals surface area contributed by atoms with Crippen LogP contribution in [0.4, 0.5) is 10.5 Å². The van der Waals surface area contributed by atoms with E-state index in [1.807, 2.05) is 85.5 Å². The van der Waals surface area contributed by atoms with E-state index in [1.165, 1.54) is 0 Å². The van der Waals surface area contributed by atoms with Gasteiger partial charge in [0.25, 0.3) is 0 Å². The first-order valence-corrected chi connectivity index (χ1v) is 16.7. The van der Waals surface area contributed by atoms with Gasteiger partial charge in [-0.2, -0.15) is 0 Å². The third kappa shape index (κ3) is 8.59. The quantitative estimate of drug-likeness (QED) is 0.148. The lowest BCUT2D eigenvalue weighted by Crippen LogP contribution is -2.52. The summed E-state index contributed by atoms with van der Waals surface area (Å²) in [5.41, 5.74) is 5.45. The number of aliphatic hydroxyl groups excluding tert-OH is 1. The normalized spacial score (nSPS) is 15.6. The van der Waals surface area contributed by atoms with Crippen LogP contribution in [-0.4, -0.2) is 54.2 Å². The van der Waals surface area contributed by atoms with E-state index in [-0.39, 0.29) is 24.3 Å². The van der Waals surface area contributed by atoms with Gasteiger partial charge in [-0.1, -0.05) is 78.9 Å². The molecule has 252 valence electrons. The Labute approximate surface area is 283 Å². The summed E-state index contributed by atoms with van der Waals surface area (Å²) in [5.74, 6) is -0.339. The first-order valence-electron chi connectivity index (χ1n) is 16.7. The second-order valence-electron chi connectivity index (χ2n) is 13.3. The minimum Gasteiger partial charge on any atom is -0.392 e. The fraction of sp³-hybridized carbons (Fsp3) is 0.359. The number of rotatable bonds is 11. The van der Waals surface area contributed by atoms with Crippen molar-refractivity contribution < 1.29 is 19.5 Å². The van der Waals surface area contributed by atoms with Crippen LogP contribution in [0.25, 0.3) is 21.9 Å². The molecule has 9 nitrogen and oxygen atoms in total. The fourth-order valence-corrected chi connectivity index (χ4v) is 6.38. The van der Waals surface area contributed by atoms with E-state index in [0.717, 1.165) is 57.1 Å². The van der Waals surface area contributed by atoms with E-state index >= 15 is 0 Å². The fourth-order valence-electron chi connectivity index (χ4n) is 6.38. The van der Waals surface area contributed by atoms with Crippen LogP contribution >= 0.6 is 0 Å². The zero-order chi connectivity index (χ0) is 34.3. The Balaban J connectivity index is 1.42. The van der Waals surface area contributed by atoms with Crippen LogP contribution in [0.5, 0.6) is 0 Å². The average molecular weight is 650 g/mol. The number of nitrogens with one attached hydrogen (secondary N) is 4. The van der Waals surface area contributed by atoms with Crippen LogP contribution in [0.3, 0.4) is 0 Å². The summed E-state index contributed by atoms with van der Waals surface area (Å²) in [6.45, 7) is 6.65. The van der Waals surface area contributed by atoms with Crippen LogP contribution < -0.4 is 26.2 Å². The van der Waals surface area contributed by atoms with Crippen LogP contribution in [0.15, 0.2) is 84.9 Å². The molecule has 2 atom stereocenters. The first-order chi connectivity index (χ1) is 23.0. The molecule has 1 unspecified atom stereocenters. The predicted molar refractivity (Wildman–Crippen MR) is 192 cm³/mol. The number of hydrogen-bond acceptors (Lipinski definition) is 5. The second-order valence-corrected chi connectivity index (χ2v) is 13.3. The maximum atomic E-state index is 14.4. The summed E-state index contributed by atoms with van der Waals surface area (Å²) in [6, 6.07) is 27.6. The maximum Gasteiger partial charge on any atom is 0.314 e. The van der Waals surface area contributed by atoms with E-state index in [0.29, 0.717) is 26.1 Å². The summed E-state index contributed by atoms with van der Waals surface area (Å²) in [6.07, 6.45) is 1.72. The maximum absolute atomic E-state index is 14.4. The van der Waals surface area contributed by atoms with Crippen molar-refractivity contribution in [1.29, 1.82) is 0 Å². The molecule has 0 spiro atoms. The Morgan fingerprint density at radius 1 is 0.979 bits per heavy atom. The Kier molecular flexibility index (Phi) is 11.1. The van der Waals surface area contributed by atoms with Crippen molar-refractivity contribution in [2.45, 2.75) is 77.2 Å². The summed E-state index contributed by atoms with van der Waals surface area (Å²) < 4.78 is 0. The number of aliphatic hydroxyl groups is 1. The van der Waals surface area contributed by atoms with Crippen LogP contribution in [0, 0.1) is 0 Å². The van der Waals surface area contributed by atoms with E-state index in [9.17, 15) is 19.5 Å². The molecule has 0 bridgehead atoms. The summed E-state index contributed by atoms with van der Waals surface area (Å²) in [5, 5.41) is 23.7. The monoisotopic (exact) mass is 649 g/mol. The molecular weight excluding hydrogens is 602 g/mol. The number of hydrogen-bond donors (Lipinski definition) is 5. The molecule has 4 aromatic rings. The van der Waals surface area contributed by atoms with Gasteiger partial charge in [0.2, 0.25) is 11.8 Å². The Bertz CT molecular complexity index is 1750. The molecular formula is C39H47N5O4. The Morgan fingerprint density at radius 2 is 1.71 bits per heavy atom. The highest BCUT2D eigenvalue weighted by Gasteiger charge is 2.32. The third-order valence-electron chi connectivity index (χ3n) is 8.89. The number of nitrogens with zero attached hydrogens (tertiary/aromatic N) is 1. The lowest BCUT2D eigenvalue weighted by atomic mass is 9.92. The summed E-state index contributed by atoms with van der Waals surface area (Å²) >= 11 is 0. The molecule has 5 N–H and O–H groups in total. The van der Waals surface area contributed by atoms with Crippen molar-refractivity contribution in [2.24, 2.45) is 0 Å². The molecule has 0 saturated carbocycles. The number of fused-ring (bicyclic) bond motifs is 3. The lowest BCUT2D eigenvalue weighted by molar-refractivity contribution is -0.128. The van der Waals surface area contributed by atoms with Gasteiger partial charge in [-0.3, -0.25) is 9.59 Å². The minimum atomic E-state index is -0.663. The van der Waals surface area contributed by atoms with Crippen molar-refractivity contribution in [3.05, 3.63) is 102 Å². The number of anilines is 1. The number of urea groups is 1. The van der Waals surface area contributed by atoms with Crippen LogP contribution in [0.2, 0.25) is 0 Å². The summed E-state index contributed by atoms with van der Waals surface area (Å²) in [4.78, 5) is 41.4. The molecule has 0 aromatic heterocycles. The zero-order valence-corrected chi connectivity index (χ0v) is 28.3. The highest BCUT2D eigenvalue weighted by molar-refractivity contribution is 6.03. The van der Waals surface area contributed by atoms with Gasteiger partial charge in [0.05, 0.1) is 12.6 Å². The Morgan fingerprint density at radius 3 is 2.46 bits per heavy atom. The highest BCUT2D eigenvalue weighted by Crippen LogP contribution is 2.34. The van der Waals surface area contributed by atoms with E-state index in [1.54, 1.807) is 14.0 Å². The van der Waals surface area contributed by atoms with Crippen molar-refractivity contribution in [3.8, 4) is 11.1 Å². The van der Waals surface area contributed by atoms with Crippen molar-refractivity contribution >= 4 is 34.3 Å². The van der Waals surface area contributed by atoms with Gasteiger partial charge < -0.3 is 31.3 Å². The van der Waals surface area contributed by atoms with Crippen LogP contribution in [0.1, 0.15) is 56.7 Å². The predicted octanol–water partition coefficient (Wildman–Crippen LogP) is 5.43. The number of β-amino-alcohol motifs (C(OH)–C–C–N with tert-alkyl or cyclic N) is 1. The van der Waals surface area contributed by atoms with Gasteiger partial charge in [0, 0.05) is 37.8 Å². The highest BCUT2D eigenvalue weighted by atomic mass is 16.3. The molecule has 5 rings (SSSR count). The van der Waals surface area contributed by atoms with Gasteiger partial charge in [-0.15, -0.1) is 0 Å². The molecule has 4 aromatic carbocycles. The Hall–Kier alpha value is -4.73. The number of benzene rings is 4. The first kappa shape index (κ1) is 34.6. The molecule has 48 heavy (non-hydrogen) atoms. The molecule has 1 heterocycles. The van der Waals surface area contributed by atoms with Crippen molar-refractivity contribution in [2.75, 3.05) is 18.5 Å². The second kappa shape index (κ2) is 15.4. The van der Waals surface area contributed by atoms with Gasteiger partial charge in [-0.05, 0) is 84.7 Å². The molecule has 0 radical (unpaired) electrons. The van der Waals surface area contributed by atoms with Crippen LogP contribution in [-0.2, 0) is 29.1 Å². The molecule has 1 aliphatic heterocycles. The molecule has 4 amide bonds. The van der Waals surface area contributed by atoms with E-state index in [4.69, 9.17) is 0 Å². The standard InChI is InChI=1S/C39H47N5O4/c1-26(45)23-42-39(2,3)22-36(46)43-34-15-9-14-33-32-13-8-5-10-28(32)20-21-35(33)44(37(34)47)25-27-16-18-29(19-17-27)31-12-7-6-11-30(31)24-41-38(48)40-4/h5-8,10-13,16-21,26,34,42,45H,9,14-15,22-25H2,1-4H3,(H,43,46)(H2,40,41,48)/t26-,34?/m1/s1. The average Bonchev–Trinajstić information content (AvgIpc) is 3.07. The van der Waals surface area contributed by atoms with Gasteiger partial charge in [0.1, 0.15) is 6.04 Å². The zero-order valence-electron chi connectivity index (χ0n) is 28.3. The third-order valence-corrected chi connectivity index (χ3v) is 8.89. The van der Waals surface area contributed by atoms with Crippen molar-refractivity contribution in [1.82, 2.24) is 21.3 Å². The number of aryl methyl sites for hydroxylation is 1. The number of amides is 4. The lowest BCUT2D eigenvalue weighted by Gasteiger charge is -2.33. The van der Waals surface area contributed by atoms with E-state index in [2.05, 4.69) is 39.5 Å². The van der Waals surface area contributed by atoms with Crippen molar-refractivity contribution in [3.63, 3.8) is 0 Å². The summed E-state index contributed by atoms with van der Waals surface area (Å²) in [7, 11) is 1.59. The number of carbonyl (C=O) groups excluding carboxylic acids is 3. The molecule has 9 heteroatoms.